The number of likely N-dealkylation sites (tertiary alicyclic amines) is 1. The zero-order valence-corrected chi connectivity index (χ0v) is 15.8. The molecule has 2 amide bonds. The number of amides is 2. The van der Waals surface area contributed by atoms with Gasteiger partial charge >= 0.3 is 0 Å². The minimum Gasteiger partial charge on any atom is -0.492 e. The van der Waals surface area contributed by atoms with Crippen molar-refractivity contribution in [3.05, 3.63) is 52.2 Å². The summed E-state index contributed by atoms with van der Waals surface area (Å²) in [6, 6.07) is 11.1. The summed E-state index contributed by atoms with van der Waals surface area (Å²) < 4.78 is 5.64. The molecule has 0 spiro atoms. The number of nitrogens with one attached hydrogen (secondary N) is 1. The molecule has 138 valence electrons. The van der Waals surface area contributed by atoms with Gasteiger partial charge in [-0.3, -0.25) is 9.59 Å². The number of rotatable bonds is 6. The molecule has 0 bridgehead atoms. The Morgan fingerprint density at radius 3 is 2.77 bits per heavy atom. The van der Waals surface area contributed by atoms with E-state index in [0.717, 1.165) is 18.6 Å². The standard InChI is InChI=1S/C20H24N2O3S/c1-15-7-9-16(10-8-15)25-13-11-21-19(23)17-5-2-3-12-22(17)20(24)18-6-4-14-26-18/h4,6-10,14,17H,2-3,5,11-13H2,1H3,(H,21,23). The monoisotopic (exact) mass is 372 g/mol. The summed E-state index contributed by atoms with van der Waals surface area (Å²) in [5.41, 5.74) is 1.18. The molecule has 0 saturated carbocycles. The highest BCUT2D eigenvalue weighted by atomic mass is 32.1. The fourth-order valence-corrected chi connectivity index (χ4v) is 3.76. The Morgan fingerprint density at radius 1 is 1.23 bits per heavy atom. The smallest absolute Gasteiger partial charge is 0.264 e. The summed E-state index contributed by atoms with van der Waals surface area (Å²) in [5, 5.41) is 4.79. The van der Waals surface area contributed by atoms with Gasteiger partial charge in [0.15, 0.2) is 0 Å². The van der Waals surface area contributed by atoms with Gasteiger partial charge < -0.3 is 15.0 Å². The number of carbonyl (C=O) groups is 2. The Balaban J connectivity index is 1.50. The van der Waals surface area contributed by atoms with Gasteiger partial charge in [-0.05, 0) is 49.8 Å². The molecule has 1 fully saturated rings. The first kappa shape index (κ1) is 18.5. The van der Waals surface area contributed by atoms with E-state index in [1.54, 1.807) is 4.90 Å². The molecule has 26 heavy (non-hydrogen) atoms. The summed E-state index contributed by atoms with van der Waals surface area (Å²) in [4.78, 5) is 27.6. The molecule has 1 saturated heterocycles. The van der Waals surface area contributed by atoms with Crippen LogP contribution in [0.3, 0.4) is 0 Å². The van der Waals surface area contributed by atoms with Gasteiger partial charge in [-0.1, -0.05) is 23.8 Å². The predicted octanol–water partition coefficient (Wildman–Crippen LogP) is 3.25. The molecule has 2 heterocycles. The van der Waals surface area contributed by atoms with Gasteiger partial charge in [0.25, 0.3) is 5.91 Å². The van der Waals surface area contributed by atoms with Crippen molar-refractivity contribution in [1.82, 2.24) is 10.2 Å². The number of nitrogens with zero attached hydrogens (tertiary/aromatic N) is 1. The first-order chi connectivity index (χ1) is 12.6. The molecule has 0 aliphatic carbocycles. The zero-order chi connectivity index (χ0) is 18.4. The van der Waals surface area contributed by atoms with Gasteiger partial charge in [0.1, 0.15) is 18.4 Å². The number of ether oxygens (including phenoxy) is 1. The van der Waals surface area contributed by atoms with E-state index < -0.39 is 6.04 Å². The topological polar surface area (TPSA) is 58.6 Å². The van der Waals surface area contributed by atoms with Crippen LogP contribution in [-0.2, 0) is 4.79 Å². The highest BCUT2D eigenvalue weighted by Crippen LogP contribution is 2.22. The van der Waals surface area contributed by atoms with E-state index in [2.05, 4.69) is 5.32 Å². The Morgan fingerprint density at radius 2 is 2.04 bits per heavy atom. The van der Waals surface area contributed by atoms with Crippen LogP contribution in [0.2, 0.25) is 0 Å². The lowest BCUT2D eigenvalue weighted by Gasteiger charge is -2.34. The zero-order valence-electron chi connectivity index (χ0n) is 14.9. The second kappa shape index (κ2) is 8.85. The quantitative estimate of drug-likeness (QED) is 0.792. The molecular weight excluding hydrogens is 348 g/mol. The molecule has 1 aliphatic rings. The lowest BCUT2D eigenvalue weighted by Crippen LogP contribution is -2.52. The Kier molecular flexibility index (Phi) is 6.28. The van der Waals surface area contributed by atoms with Crippen LogP contribution in [0.4, 0.5) is 0 Å². The highest BCUT2D eigenvalue weighted by Gasteiger charge is 2.32. The number of hydrogen-bond donors (Lipinski definition) is 1. The maximum atomic E-state index is 12.6. The molecule has 1 aromatic heterocycles. The van der Waals surface area contributed by atoms with Gasteiger partial charge in [0, 0.05) is 6.54 Å². The van der Waals surface area contributed by atoms with Crippen LogP contribution in [0, 0.1) is 6.92 Å². The summed E-state index contributed by atoms with van der Waals surface area (Å²) in [6.45, 7) is 3.48. The molecule has 3 rings (SSSR count). The van der Waals surface area contributed by atoms with Crippen LogP contribution in [0.1, 0.15) is 34.5 Å². The van der Waals surface area contributed by atoms with Crippen molar-refractivity contribution in [2.24, 2.45) is 0 Å². The van der Waals surface area contributed by atoms with Crippen molar-refractivity contribution in [2.75, 3.05) is 19.7 Å². The lowest BCUT2D eigenvalue weighted by molar-refractivity contribution is -0.126. The van der Waals surface area contributed by atoms with Crippen molar-refractivity contribution in [2.45, 2.75) is 32.2 Å². The molecular formula is C20H24N2O3S. The predicted molar refractivity (Wildman–Crippen MR) is 103 cm³/mol. The summed E-state index contributed by atoms with van der Waals surface area (Å²) in [7, 11) is 0. The second-order valence-corrected chi connectivity index (χ2v) is 7.39. The van der Waals surface area contributed by atoms with Gasteiger partial charge in [-0.25, -0.2) is 0 Å². The van der Waals surface area contributed by atoms with E-state index in [4.69, 9.17) is 4.74 Å². The Bertz CT molecular complexity index is 728. The van der Waals surface area contributed by atoms with Gasteiger partial charge in [0.2, 0.25) is 5.91 Å². The van der Waals surface area contributed by atoms with Gasteiger partial charge in [0.05, 0.1) is 11.4 Å². The number of piperidine rings is 1. The molecule has 1 aliphatic heterocycles. The van der Waals surface area contributed by atoms with E-state index in [0.29, 0.717) is 31.0 Å². The van der Waals surface area contributed by atoms with Crippen LogP contribution in [0.25, 0.3) is 0 Å². The van der Waals surface area contributed by atoms with Crippen LogP contribution in [0.5, 0.6) is 5.75 Å². The fourth-order valence-electron chi connectivity index (χ4n) is 3.08. The number of hydrogen-bond acceptors (Lipinski definition) is 4. The number of benzene rings is 1. The third kappa shape index (κ3) is 4.64. The summed E-state index contributed by atoms with van der Waals surface area (Å²) >= 11 is 1.42. The molecule has 0 radical (unpaired) electrons. The number of thiophene rings is 1. The van der Waals surface area contributed by atoms with E-state index >= 15 is 0 Å². The SMILES string of the molecule is Cc1ccc(OCCNC(=O)C2CCCCN2C(=O)c2cccs2)cc1. The molecule has 6 heteroatoms. The first-order valence-electron chi connectivity index (χ1n) is 8.97. The molecule has 1 N–H and O–H groups in total. The van der Waals surface area contributed by atoms with Gasteiger partial charge in [-0.2, -0.15) is 0 Å². The van der Waals surface area contributed by atoms with Crippen LogP contribution >= 0.6 is 11.3 Å². The van der Waals surface area contributed by atoms with Crippen molar-refractivity contribution < 1.29 is 14.3 Å². The minimum absolute atomic E-state index is 0.0456. The van der Waals surface area contributed by atoms with E-state index in [1.807, 2.05) is 48.7 Å². The average Bonchev–Trinajstić information content (AvgIpc) is 3.20. The van der Waals surface area contributed by atoms with Gasteiger partial charge in [-0.15, -0.1) is 11.3 Å². The minimum atomic E-state index is -0.391. The number of aryl methyl sites for hydroxylation is 1. The molecule has 1 atom stereocenters. The molecule has 2 aromatic rings. The van der Waals surface area contributed by atoms with E-state index in [1.165, 1.54) is 16.9 Å². The Hall–Kier alpha value is -2.34. The van der Waals surface area contributed by atoms with Crippen molar-refractivity contribution in [1.29, 1.82) is 0 Å². The van der Waals surface area contributed by atoms with E-state index in [9.17, 15) is 9.59 Å². The lowest BCUT2D eigenvalue weighted by atomic mass is 10.0. The third-order valence-electron chi connectivity index (χ3n) is 4.49. The molecule has 5 nitrogen and oxygen atoms in total. The fraction of sp³-hybridized carbons (Fsp3) is 0.400. The van der Waals surface area contributed by atoms with Crippen LogP contribution in [-0.4, -0.2) is 42.5 Å². The maximum Gasteiger partial charge on any atom is 0.264 e. The molecule has 1 unspecified atom stereocenters. The Labute approximate surface area is 158 Å². The normalized spacial score (nSPS) is 17.0. The number of carbonyl (C=O) groups excluding carboxylic acids is 2. The average molecular weight is 372 g/mol. The van der Waals surface area contributed by atoms with Crippen LogP contribution in [0.15, 0.2) is 41.8 Å². The van der Waals surface area contributed by atoms with Crippen LogP contribution < -0.4 is 10.1 Å². The largest absolute Gasteiger partial charge is 0.492 e. The summed E-state index contributed by atoms with van der Waals surface area (Å²) in [6.07, 6.45) is 2.62. The van der Waals surface area contributed by atoms with Crippen molar-refractivity contribution in [3.8, 4) is 5.75 Å². The second-order valence-electron chi connectivity index (χ2n) is 6.44. The van der Waals surface area contributed by atoms with Crippen molar-refractivity contribution >= 4 is 23.2 Å². The maximum absolute atomic E-state index is 12.6. The third-order valence-corrected chi connectivity index (χ3v) is 5.35. The first-order valence-corrected chi connectivity index (χ1v) is 9.85. The highest BCUT2D eigenvalue weighted by molar-refractivity contribution is 7.12. The van der Waals surface area contributed by atoms with E-state index in [-0.39, 0.29) is 11.8 Å². The summed E-state index contributed by atoms with van der Waals surface area (Å²) in [5.74, 6) is 0.648. The molecule has 1 aromatic carbocycles. The van der Waals surface area contributed by atoms with Crippen molar-refractivity contribution in [3.63, 3.8) is 0 Å².